The van der Waals surface area contributed by atoms with Crippen molar-refractivity contribution >= 4 is 29.5 Å². The van der Waals surface area contributed by atoms with Crippen LogP contribution in [0.2, 0.25) is 0 Å². The molecular formula is C27H29FN6O2S. The number of carbonyl (C=O) groups is 1. The van der Waals surface area contributed by atoms with Crippen molar-refractivity contribution in [1.82, 2.24) is 19.4 Å². The lowest BCUT2D eigenvalue weighted by Crippen LogP contribution is -2.50. The van der Waals surface area contributed by atoms with Gasteiger partial charge in [0.25, 0.3) is 5.91 Å². The number of carbonyl (C=O) groups excluding carboxylic acids is 1. The van der Waals surface area contributed by atoms with Gasteiger partial charge in [0.2, 0.25) is 5.96 Å². The number of hydrogen-bond acceptors (Lipinski definition) is 7. The number of nitrogens with one attached hydrogen (secondary N) is 1. The number of halogens is 1. The lowest BCUT2D eigenvalue weighted by Gasteiger charge is -2.37. The Morgan fingerprint density at radius 2 is 1.92 bits per heavy atom. The highest BCUT2D eigenvalue weighted by atomic mass is 32.2. The molecule has 0 spiro atoms. The van der Waals surface area contributed by atoms with Crippen molar-refractivity contribution in [3.05, 3.63) is 65.2 Å². The van der Waals surface area contributed by atoms with Crippen LogP contribution in [-0.2, 0) is 13.6 Å². The molecule has 2 aromatic carbocycles. The van der Waals surface area contributed by atoms with Crippen LogP contribution in [0.4, 0.5) is 10.1 Å². The van der Waals surface area contributed by atoms with Crippen LogP contribution in [0.3, 0.4) is 0 Å². The number of aliphatic imine (C=N–C) groups is 1. The molecule has 0 saturated heterocycles. The van der Waals surface area contributed by atoms with Gasteiger partial charge < -0.3 is 10.0 Å². The molecule has 0 unspecified atom stereocenters. The first kappa shape index (κ1) is 24.1. The van der Waals surface area contributed by atoms with E-state index >= 15 is 0 Å². The fourth-order valence-electron chi connectivity index (χ4n) is 4.95. The molecule has 3 heterocycles. The molecule has 0 atom stereocenters. The van der Waals surface area contributed by atoms with E-state index in [0.29, 0.717) is 37.5 Å². The molecule has 2 N–H and O–H groups in total. The Morgan fingerprint density at radius 3 is 2.59 bits per heavy atom. The summed E-state index contributed by atoms with van der Waals surface area (Å²) < 4.78 is 18.9. The molecule has 192 valence electrons. The zero-order valence-electron chi connectivity index (χ0n) is 21.2. The first-order chi connectivity index (χ1) is 17.5. The minimum absolute atomic E-state index is 0.153. The molecule has 1 aliphatic carbocycles. The van der Waals surface area contributed by atoms with E-state index in [1.807, 2.05) is 32.3 Å². The highest BCUT2D eigenvalue weighted by Crippen LogP contribution is 2.45. The van der Waals surface area contributed by atoms with Crippen LogP contribution in [0.25, 0.3) is 11.1 Å². The Kier molecular flexibility index (Phi) is 5.48. The molecule has 37 heavy (non-hydrogen) atoms. The Bertz CT molecular complexity index is 1460. The van der Waals surface area contributed by atoms with Crippen molar-refractivity contribution in [3.63, 3.8) is 0 Å². The summed E-state index contributed by atoms with van der Waals surface area (Å²) in [6.07, 6.45) is 5.03. The van der Waals surface area contributed by atoms with Crippen molar-refractivity contribution in [2.45, 2.75) is 56.3 Å². The summed E-state index contributed by atoms with van der Waals surface area (Å²) in [6, 6.07) is 8.61. The fraction of sp³-hybridized carbons (Fsp3) is 0.370. The zero-order chi connectivity index (χ0) is 26.1. The van der Waals surface area contributed by atoms with Crippen LogP contribution >= 0.6 is 11.9 Å². The highest BCUT2D eigenvalue weighted by molar-refractivity contribution is 7.97. The second-order valence-electron chi connectivity index (χ2n) is 10.8. The molecule has 1 fully saturated rings. The largest absolute Gasteiger partial charge is 0.375 e. The average molecular weight is 521 g/mol. The van der Waals surface area contributed by atoms with Crippen LogP contribution in [0.1, 0.15) is 48.2 Å². The SMILES string of the molecule is Cc1cc(F)ccc1-c1cc(SNC2(O)CC2)cc2c1N1CC(C)(C)N=C1N(Cc1cnn(C)c1)C2=O. The van der Waals surface area contributed by atoms with E-state index in [0.717, 1.165) is 32.8 Å². The number of anilines is 1. The van der Waals surface area contributed by atoms with Crippen molar-refractivity contribution < 1.29 is 14.3 Å². The van der Waals surface area contributed by atoms with E-state index in [9.17, 15) is 14.3 Å². The second kappa shape index (κ2) is 8.41. The van der Waals surface area contributed by atoms with Gasteiger partial charge in [-0.1, -0.05) is 6.07 Å². The van der Waals surface area contributed by atoms with Gasteiger partial charge in [0.15, 0.2) is 0 Å². The maximum absolute atomic E-state index is 14.1. The van der Waals surface area contributed by atoms with Crippen LogP contribution in [0.5, 0.6) is 0 Å². The smallest absolute Gasteiger partial charge is 0.263 e. The number of guanidine groups is 1. The number of fused-ring (bicyclic) bond motifs is 3. The maximum atomic E-state index is 14.1. The topological polar surface area (TPSA) is 86.0 Å². The van der Waals surface area contributed by atoms with E-state index in [1.54, 1.807) is 21.8 Å². The van der Waals surface area contributed by atoms with Gasteiger partial charge in [0.1, 0.15) is 11.5 Å². The van der Waals surface area contributed by atoms with Crippen molar-refractivity contribution in [2.24, 2.45) is 12.0 Å². The molecule has 3 aliphatic rings. The Morgan fingerprint density at radius 1 is 1.16 bits per heavy atom. The Balaban J connectivity index is 1.52. The van der Waals surface area contributed by atoms with E-state index in [2.05, 4.69) is 28.6 Å². The van der Waals surface area contributed by atoms with E-state index < -0.39 is 11.3 Å². The van der Waals surface area contributed by atoms with E-state index in [4.69, 9.17) is 4.99 Å². The first-order valence-electron chi connectivity index (χ1n) is 12.3. The molecule has 2 aliphatic heterocycles. The summed E-state index contributed by atoms with van der Waals surface area (Å²) in [5.74, 6) is 0.153. The van der Waals surface area contributed by atoms with Gasteiger partial charge in [-0.15, -0.1) is 0 Å². The summed E-state index contributed by atoms with van der Waals surface area (Å²) in [6.45, 7) is 6.93. The van der Waals surface area contributed by atoms with Crippen molar-refractivity contribution in [2.75, 3.05) is 11.4 Å². The molecule has 1 saturated carbocycles. The molecule has 3 aromatic rings. The molecule has 0 radical (unpaired) electrons. The molecular weight excluding hydrogens is 491 g/mol. The number of amides is 1. The summed E-state index contributed by atoms with van der Waals surface area (Å²) in [5, 5.41) is 14.6. The Labute approximate surface area is 219 Å². The number of aryl methyl sites for hydroxylation is 2. The monoisotopic (exact) mass is 520 g/mol. The van der Waals surface area contributed by atoms with Crippen LogP contribution < -0.4 is 9.62 Å². The third-order valence-electron chi connectivity index (χ3n) is 6.92. The lowest BCUT2D eigenvalue weighted by molar-refractivity contribution is 0.0833. The quantitative estimate of drug-likeness (QED) is 0.374. The van der Waals surface area contributed by atoms with Gasteiger partial charge in [0, 0.05) is 29.3 Å². The lowest BCUT2D eigenvalue weighted by atomic mass is 9.93. The number of aromatic nitrogens is 2. The number of rotatable bonds is 6. The Hall–Kier alpha value is -3.21. The minimum atomic E-state index is -0.873. The number of nitrogens with zero attached hydrogens (tertiary/aromatic N) is 5. The standard InChI is InChI=1S/C27H29FN6O2S/c1-16-9-18(28)5-6-20(16)21-10-19(37-31-27(36)7-8-27)11-22-23(21)34-15-26(2,3)30-25(34)33(24(22)35)14-17-12-29-32(4)13-17/h5-6,9-13,31,36H,7-8,14-15H2,1-4H3. The van der Waals surface area contributed by atoms with Crippen LogP contribution in [0, 0.1) is 12.7 Å². The number of hydrogen-bond donors (Lipinski definition) is 2. The molecule has 6 rings (SSSR count). The normalized spacial score (nSPS) is 19.1. The molecule has 1 amide bonds. The van der Waals surface area contributed by atoms with Crippen molar-refractivity contribution in [3.8, 4) is 11.1 Å². The molecule has 0 bridgehead atoms. The summed E-state index contributed by atoms with van der Waals surface area (Å²) in [7, 11) is 1.85. The molecule has 10 heteroatoms. The van der Waals surface area contributed by atoms with Crippen molar-refractivity contribution in [1.29, 1.82) is 0 Å². The van der Waals surface area contributed by atoms with Crippen LogP contribution in [0.15, 0.2) is 52.6 Å². The maximum Gasteiger partial charge on any atom is 0.263 e. The summed E-state index contributed by atoms with van der Waals surface area (Å²) in [5.41, 5.74) is 3.43. The third kappa shape index (κ3) is 4.43. The summed E-state index contributed by atoms with van der Waals surface area (Å²) in [4.78, 5) is 23.7. The fourth-order valence-corrected chi connectivity index (χ4v) is 5.82. The van der Waals surface area contributed by atoms with E-state index in [1.165, 1.54) is 24.1 Å². The van der Waals surface area contributed by atoms with Gasteiger partial charge in [-0.25, -0.2) is 14.1 Å². The predicted octanol–water partition coefficient (Wildman–Crippen LogP) is 4.22. The number of benzene rings is 2. The first-order valence-corrected chi connectivity index (χ1v) is 13.1. The predicted molar refractivity (Wildman–Crippen MR) is 142 cm³/mol. The zero-order valence-corrected chi connectivity index (χ0v) is 22.1. The third-order valence-corrected chi connectivity index (χ3v) is 7.87. The number of aliphatic hydroxyl groups is 1. The van der Waals surface area contributed by atoms with E-state index in [-0.39, 0.29) is 11.7 Å². The van der Waals surface area contributed by atoms with Crippen LogP contribution in [-0.4, -0.2) is 49.5 Å². The average Bonchev–Trinajstić information content (AvgIpc) is 3.28. The minimum Gasteiger partial charge on any atom is -0.375 e. The van der Waals surface area contributed by atoms with Gasteiger partial charge in [-0.2, -0.15) is 5.10 Å². The van der Waals surface area contributed by atoms with Gasteiger partial charge in [-0.3, -0.25) is 14.4 Å². The highest BCUT2D eigenvalue weighted by Gasteiger charge is 2.45. The molecule has 8 nitrogen and oxygen atoms in total. The van der Waals surface area contributed by atoms with Gasteiger partial charge in [-0.05, 0) is 81.0 Å². The molecule has 1 aromatic heterocycles. The van der Waals surface area contributed by atoms with Gasteiger partial charge in [0.05, 0.1) is 36.1 Å². The van der Waals surface area contributed by atoms with Gasteiger partial charge >= 0.3 is 0 Å². The summed E-state index contributed by atoms with van der Waals surface area (Å²) >= 11 is 1.31. The second-order valence-corrected chi connectivity index (χ2v) is 11.7.